The van der Waals surface area contributed by atoms with Crippen molar-refractivity contribution in [1.29, 1.82) is 0 Å². The first-order valence-electron chi connectivity index (χ1n) is 6.45. The Balaban J connectivity index is 0.00000176. The second-order valence-electron chi connectivity index (χ2n) is 4.75. The maximum absolute atomic E-state index is 10.4. The predicted molar refractivity (Wildman–Crippen MR) is 91.3 cm³/mol. The molecule has 116 valence electrons. The van der Waals surface area contributed by atoms with E-state index in [2.05, 4.69) is 9.97 Å². The van der Waals surface area contributed by atoms with Crippen molar-refractivity contribution in [1.82, 2.24) is 9.97 Å². The topological polar surface area (TPSA) is 81.3 Å². The maximum Gasteiger partial charge on any atom is 0.181 e. The summed E-state index contributed by atoms with van der Waals surface area (Å²) >= 11 is 1.37. The first kappa shape index (κ1) is 16.3. The number of halogens is 1. The van der Waals surface area contributed by atoms with Crippen LogP contribution in [0.5, 0.6) is 11.5 Å². The number of phenolic OH excluding ortho intramolecular Hbond substituents is 1. The van der Waals surface area contributed by atoms with Gasteiger partial charge in [-0.15, -0.1) is 12.4 Å². The molecule has 0 spiro atoms. The number of ether oxygens (including phenoxy) is 1. The zero-order valence-electron chi connectivity index (χ0n) is 12.2. The number of nitrogens with zero attached hydrogens (tertiary/aromatic N) is 2. The lowest BCUT2D eigenvalue weighted by molar-refractivity contribution is 0.369. The third-order valence-electron chi connectivity index (χ3n) is 3.42. The average molecular weight is 338 g/mol. The van der Waals surface area contributed by atoms with E-state index < -0.39 is 0 Å². The minimum atomic E-state index is 0. The standard InChI is InChI=1S/C15H15N3O2S.ClH/c1-8-12(19)13(20-2)10(6-9-4-3-5-17-7-9)11-14(8)21-15(16)18-11;/h3-5,7,19H,6H2,1-2H3,(H2,16,18);1H. The number of phenols is 1. The molecule has 3 N–H and O–H groups in total. The number of aryl methyl sites for hydroxylation is 1. The van der Waals surface area contributed by atoms with E-state index in [9.17, 15) is 5.11 Å². The van der Waals surface area contributed by atoms with Crippen molar-refractivity contribution in [3.05, 3.63) is 41.2 Å². The van der Waals surface area contributed by atoms with Gasteiger partial charge in [-0.2, -0.15) is 0 Å². The van der Waals surface area contributed by atoms with Gasteiger partial charge in [0.1, 0.15) is 0 Å². The van der Waals surface area contributed by atoms with E-state index in [1.54, 1.807) is 19.5 Å². The van der Waals surface area contributed by atoms with Gasteiger partial charge in [0.05, 0.1) is 17.3 Å². The van der Waals surface area contributed by atoms with E-state index in [4.69, 9.17) is 10.5 Å². The van der Waals surface area contributed by atoms with E-state index >= 15 is 0 Å². The molecule has 0 aliphatic carbocycles. The first-order chi connectivity index (χ1) is 10.1. The number of fused-ring (bicyclic) bond motifs is 1. The Morgan fingerprint density at radius 1 is 1.41 bits per heavy atom. The highest BCUT2D eigenvalue weighted by molar-refractivity contribution is 7.22. The molecular weight excluding hydrogens is 322 g/mol. The number of hydrogen-bond acceptors (Lipinski definition) is 6. The summed E-state index contributed by atoms with van der Waals surface area (Å²) in [6.07, 6.45) is 4.09. The van der Waals surface area contributed by atoms with Gasteiger partial charge in [0, 0.05) is 29.9 Å². The number of rotatable bonds is 3. The fraction of sp³-hybridized carbons (Fsp3) is 0.200. The van der Waals surface area contributed by atoms with Gasteiger partial charge in [0.25, 0.3) is 0 Å². The summed E-state index contributed by atoms with van der Waals surface area (Å²) in [5.41, 5.74) is 9.21. The van der Waals surface area contributed by atoms with Crippen molar-refractivity contribution in [2.24, 2.45) is 0 Å². The number of aromatic hydroxyl groups is 1. The van der Waals surface area contributed by atoms with Crippen LogP contribution in [0.2, 0.25) is 0 Å². The Hall–Kier alpha value is -2.05. The average Bonchev–Trinajstić information content (AvgIpc) is 2.88. The summed E-state index contributed by atoms with van der Waals surface area (Å²) in [4.78, 5) is 8.52. The molecule has 0 saturated carbocycles. The van der Waals surface area contributed by atoms with Crippen molar-refractivity contribution in [2.75, 3.05) is 12.8 Å². The van der Waals surface area contributed by atoms with Crippen LogP contribution in [0.15, 0.2) is 24.5 Å². The number of methoxy groups -OCH3 is 1. The smallest absolute Gasteiger partial charge is 0.181 e. The Kier molecular flexibility index (Phi) is 4.73. The number of nitrogen functional groups attached to an aromatic ring is 1. The molecule has 2 aromatic heterocycles. The summed E-state index contributed by atoms with van der Waals surface area (Å²) in [7, 11) is 1.54. The van der Waals surface area contributed by atoms with Gasteiger partial charge in [-0.05, 0) is 18.6 Å². The molecule has 0 atom stereocenters. The van der Waals surface area contributed by atoms with E-state index in [1.807, 2.05) is 19.1 Å². The number of pyridine rings is 1. The van der Waals surface area contributed by atoms with E-state index in [1.165, 1.54) is 11.3 Å². The van der Waals surface area contributed by atoms with Crippen LogP contribution in [0.3, 0.4) is 0 Å². The molecule has 0 aliphatic rings. The van der Waals surface area contributed by atoms with Crippen molar-refractivity contribution in [3.8, 4) is 11.5 Å². The van der Waals surface area contributed by atoms with Crippen molar-refractivity contribution in [3.63, 3.8) is 0 Å². The molecular formula is C15H16ClN3O2S. The second-order valence-corrected chi connectivity index (χ2v) is 5.78. The number of anilines is 1. The molecule has 0 saturated heterocycles. The van der Waals surface area contributed by atoms with Crippen LogP contribution in [0.25, 0.3) is 10.2 Å². The van der Waals surface area contributed by atoms with E-state index in [-0.39, 0.29) is 18.2 Å². The fourth-order valence-electron chi connectivity index (χ4n) is 2.41. The predicted octanol–water partition coefficient (Wildman–Crippen LogP) is 3.31. The number of benzene rings is 1. The molecule has 0 amide bonds. The Morgan fingerprint density at radius 2 is 2.18 bits per heavy atom. The largest absolute Gasteiger partial charge is 0.504 e. The van der Waals surface area contributed by atoms with Crippen LogP contribution in [-0.2, 0) is 6.42 Å². The Morgan fingerprint density at radius 3 is 2.82 bits per heavy atom. The molecule has 0 radical (unpaired) electrons. The quantitative estimate of drug-likeness (QED) is 0.766. The number of aromatic nitrogens is 2. The second kappa shape index (κ2) is 6.37. The highest BCUT2D eigenvalue weighted by atomic mass is 35.5. The Labute approximate surface area is 138 Å². The molecule has 3 rings (SSSR count). The number of thiazole rings is 1. The lowest BCUT2D eigenvalue weighted by Gasteiger charge is -2.13. The number of nitrogens with two attached hydrogens (primary N) is 1. The molecule has 0 aliphatic heterocycles. The van der Waals surface area contributed by atoms with Gasteiger partial charge in [-0.1, -0.05) is 17.4 Å². The molecule has 5 nitrogen and oxygen atoms in total. The summed E-state index contributed by atoms with van der Waals surface area (Å²) in [6.45, 7) is 1.84. The molecule has 0 unspecified atom stereocenters. The van der Waals surface area contributed by atoms with Crippen LogP contribution < -0.4 is 10.5 Å². The van der Waals surface area contributed by atoms with Gasteiger partial charge in [0.2, 0.25) is 0 Å². The molecule has 1 aromatic carbocycles. The van der Waals surface area contributed by atoms with Crippen molar-refractivity contribution in [2.45, 2.75) is 13.3 Å². The van der Waals surface area contributed by atoms with Crippen LogP contribution in [0, 0.1) is 6.92 Å². The maximum atomic E-state index is 10.4. The number of hydrogen-bond donors (Lipinski definition) is 2. The summed E-state index contributed by atoms with van der Waals surface area (Å²) in [5.74, 6) is 0.599. The monoisotopic (exact) mass is 337 g/mol. The lowest BCUT2D eigenvalue weighted by Crippen LogP contribution is -1.98. The van der Waals surface area contributed by atoms with Crippen LogP contribution in [0.1, 0.15) is 16.7 Å². The third kappa shape index (κ3) is 2.67. The van der Waals surface area contributed by atoms with Crippen molar-refractivity contribution < 1.29 is 9.84 Å². The molecule has 0 bridgehead atoms. The minimum absolute atomic E-state index is 0. The van der Waals surface area contributed by atoms with E-state index in [0.29, 0.717) is 17.3 Å². The first-order valence-corrected chi connectivity index (χ1v) is 7.26. The minimum Gasteiger partial charge on any atom is -0.504 e. The summed E-state index contributed by atoms with van der Waals surface area (Å²) in [5, 5.41) is 10.8. The highest BCUT2D eigenvalue weighted by Gasteiger charge is 2.21. The summed E-state index contributed by atoms with van der Waals surface area (Å²) in [6, 6.07) is 3.85. The fourth-order valence-corrected chi connectivity index (χ4v) is 3.28. The molecule has 22 heavy (non-hydrogen) atoms. The zero-order valence-corrected chi connectivity index (χ0v) is 13.8. The van der Waals surface area contributed by atoms with Gasteiger partial charge >= 0.3 is 0 Å². The van der Waals surface area contributed by atoms with Gasteiger partial charge in [0.15, 0.2) is 16.6 Å². The van der Waals surface area contributed by atoms with Gasteiger partial charge in [-0.25, -0.2) is 4.98 Å². The molecule has 0 fully saturated rings. The zero-order chi connectivity index (χ0) is 15.0. The lowest BCUT2D eigenvalue weighted by atomic mass is 10.0. The van der Waals surface area contributed by atoms with Gasteiger partial charge < -0.3 is 15.6 Å². The molecule has 7 heteroatoms. The Bertz CT molecular complexity index is 806. The van der Waals surface area contributed by atoms with Crippen LogP contribution in [0.4, 0.5) is 5.13 Å². The third-order valence-corrected chi connectivity index (χ3v) is 4.43. The van der Waals surface area contributed by atoms with Crippen LogP contribution >= 0.6 is 23.7 Å². The highest BCUT2D eigenvalue weighted by Crippen LogP contribution is 2.43. The van der Waals surface area contributed by atoms with Crippen molar-refractivity contribution >= 4 is 39.1 Å². The van der Waals surface area contributed by atoms with Crippen LogP contribution in [-0.4, -0.2) is 22.2 Å². The normalized spacial score (nSPS) is 10.5. The van der Waals surface area contributed by atoms with Gasteiger partial charge in [-0.3, -0.25) is 4.98 Å². The molecule has 2 heterocycles. The summed E-state index contributed by atoms with van der Waals surface area (Å²) < 4.78 is 6.29. The molecule has 3 aromatic rings. The SMILES string of the molecule is COc1c(O)c(C)c2sc(N)nc2c1Cc1cccnc1.Cl. The van der Waals surface area contributed by atoms with E-state index in [0.717, 1.165) is 26.9 Å².